The largest absolute Gasteiger partial charge is 1.00 e. The van der Waals surface area contributed by atoms with Crippen molar-refractivity contribution in [3.8, 4) is 44.8 Å². The van der Waals surface area contributed by atoms with E-state index in [1.807, 2.05) is 59.7 Å². The minimum absolute atomic E-state index is 0. The summed E-state index contributed by atoms with van der Waals surface area (Å²) < 4.78 is 0. The van der Waals surface area contributed by atoms with Gasteiger partial charge in [-0.05, 0) is 78.1 Å². The van der Waals surface area contributed by atoms with E-state index in [4.69, 9.17) is 29.1 Å². The minimum atomic E-state index is 0. The zero-order valence-corrected chi connectivity index (χ0v) is 39.5. The Kier molecular flexibility index (Phi) is 24.8. The molecule has 0 saturated heterocycles. The van der Waals surface area contributed by atoms with Gasteiger partial charge in [0.25, 0.3) is 0 Å². The van der Waals surface area contributed by atoms with E-state index in [9.17, 15) is 9.59 Å². The summed E-state index contributed by atoms with van der Waals surface area (Å²) in [5.74, 6) is 0.105. The average molecular weight is 951 g/mol. The number of hydrogen-bond donors (Lipinski definition) is 0. The van der Waals surface area contributed by atoms with Crippen LogP contribution in [-0.2, 0) is 32.0 Å². The first kappa shape index (κ1) is 55.9. The molecule has 0 fully saturated rings. The van der Waals surface area contributed by atoms with Gasteiger partial charge in [-0.2, -0.15) is 19.2 Å². The molecule has 4 aromatic carbocycles. The van der Waals surface area contributed by atoms with Crippen molar-refractivity contribution in [2.75, 3.05) is 12.5 Å². The summed E-state index contributed by atoms with van der Waals surface area (Å²) in [6.07, 6.45) is 8.38. The van der Waals surface area contributed by atoms with E-state index in [0.29, 0.717) is 24.0 Å². The molecule has 0 atom stereocenters. The molecular weight excluding hydrogens is 908 g/mol. The van der Waals surface area contributed by atoms with Gasteiger partial charge in [0.15, 0.2) is 11.6 Å². The monoisotopic (exact) mass is 950 g/mol. The smallest absolute Gasteiger partial charge is 1.00 e. The normalized spacial score (nSPS) is 9.56. The number of benzene rings is 4. The fraction of sp³-hybridized carbons (Fsp3) is 0.102. The van der Waals surface area contributed by atoms with Gasteiger partial charge in [-0.15, -0.1) is 46.2 Å². The molecule has 0 unspecified atom stereocenters. The number of carbonyl (C=O) groups excluding carboxylic acids is 6. The third-order valence-corrected chi connectivity index (χ3v) is 12.2. The van der Waals surface area contributed by atoms with E-state index < -0.39 is 0 Å². The number of rotatable bonds is 12. The molecule has 17 heteroatoms. The maximum atomic E-state index is 12.7. The van der Waals surface area contributed by atoms with Gasteiger partial charge >= 0.3 is 31.2 Å². The summed E-state index contributed by atoms with van der Waals surface area (Å²) in [7, 11) is 0. The fourth-order valence-corrected chi connectivity index (χ4v) is 8.88. The second kappa shape index (κ2) is 29.3. The number of ketones is 2. The molecule has 8 aromatic rings. The number of nitrogens with zero attached hydrogens (tertiary/aromatic N) is 4. The summed E-state index contributed by atoms with van der Waals surface area (Å²) >= 11 is 6.02. The quantitative estimate of drug-likeness (QED) is 0.0715. The van der Waals surface area contributed by atoms with E-state index in [2.05, 4.69) is 95.8 Å². The molecule has 12 nitrogen and oxygen atoms in total. The van der Waals surface area contributed by atoms with Gasteiger partial charge in [-0.1, -0.05) is 96.6 Å². The second-order valence-electron chi connectivity index (χ2n) is 13.1. The van der Waals surface area contributed by atoms with Crippen LogP contribution in [-0.4, -0.2) is 67.3 Å². The first-order valence-electron chi connectivity index (χ1n) is 19.0. The second-order valence-corrected chi connectivity index (χ2v) is 16.6. The molecule has 0 radical (unpaired) electrons. The third-order valence-electron chi connectivity index (χ3n) is 9.07. The Morgan fingerprint density at radius 3 is 1.32 bits per heavy atom. The van der Waals surface area contributed by atoms with Crippen LogP contribution < -0.4 is 18.9 Å². The van der Waals surface area contributed by atoms with E-state index in [-0.39, 0.29) is 55.1 Å². The van der Waals surface area contributed by atoms with Crippen molar-refractivity contribution < 1.29 is 60.0 Å². The minimum Gasteiger partial charge on any atom is -1.00 e. The van der Waals surface area contributed by atoms with Gasteiger partial charge in [0, 0.05) is 34.3 Å². The van der Waals surface area contributed by atoms with E-state index in [1.165, 1.54) is 62.9 Å². The molecule has 0 bridgehead atoms. The number of hydrogen-bond acceptors (Lipinski definition) is 14. The van der Waals surface area contributed by atoms with Crippen LogP contribution in [0.4, 0.5) is 0 Å². The summed E-state index contributed by atoms with van der Waals surface area (Å²) in [5, 5.41) is 7.21. The maximum absolute atomic E-state index is 12.7. The van der Waals surface area contributed by atoms with Crippen molar-refractivity contribution in [2.45, 2.75) is 29.8 Å². The Morgan fingerprint density at radius 1 is 0.530 bits per heavy atom. The molecule has 0 amide bonds. The van der Waals surface area contributed by atoms with Gasteiger partial charge in [0.2, 0.25) is 0 Å². The SMILES string of the molecule is CSc1ncccc1C(=O)Cc1nc(-c2cccc(-c3ccc(C)cc3)c2)cs1.CSc1ncccc1C(=O)Cc1nc(-c2cccc(-c3ccccc3)c2)cs1.O.O.O=C=O.O=C=O.[H-].[Li+]. The molecule has 4 N–H and O–H groups in total. The van der Waals surface area contributed by atoms with Crippen LogP contribution in [0.5, 0.6) is 0 Å². The molecule has 8 rings (SSSR count). The number of thioether (sulfide) groups is 2. The van der Waals surface area contributed by atoms with Crippen LogP contribution in [0.1, 0.15) is 37.7 Å². The van der Waals surface area contributed by atoms with Crippen molar-refractivity contribution in [2.24, 2.45) is 0 Å². The first-order valence-corrected chi connectivity index (χ1v) is 23.2. The van der Waals surface area contributed by atoms with Crippen LogP contribution in [0.3, 0.4) is 0 Å². The van der Waals surface area contributed by atoms with Crippen LogP contribution in [0, 0.1) is 6.92 Å². The van der Waals surface area contributed by atoms with E-state index in [1.54, 1.807) is 24.5 Å². The van der Waals surface area contributed by atoms with Crippen LogP contribution in [0.2, 0.25) is 0 Å². The van der Waals surface area contributed by atoms with Gasteiger partial charge in [0.05, 0.1) is 35.4 Å². The Morgan fingerprint density at radius 2 is 0.909 bits per heavy atom. The average Bonchev–Trinajstić information content (AvgIpc) is 4.00. The van der Waals surface area contributed by atoms with Crippen molar-refractivity contribution in [1.29, 1.82) is 0 Å². The molecule has 66 heavy (non-hydrogen) atoms. The first-order chi connectivity index (χ1) is 30.7. The Bertz CT molecular complexity index is 2840. The van der Waals surface area contributed by atoms with Crippen molar-refractivity contribution in [3.63, 3.8) is 0 Å². The predicted molar refractivity (Wildman–Crippen MR) is 257 cm³/mol. The summed E-state index contributed by atoms with van der Waals surface area (Å²) in [6, 6.07) is 42.8. The molecule has 4 heterocycles. The molecule has 0 aliphatic rings. The molecular formula is C49H43LiN4O8S4. The number of aromatic nitrogens is 4. The Balaban J connectivity index is 0.000000569. The fourth-order valence-electron chi connectivity index (χ4n) is 6.14. The summed E-state index contributed by atoms with van der Waals surface area (Å²) in [4.78, 5) is 75.9. The zero-order chi connectivity index (χ0) is 45.0. The molecule has 4 aromatic heterocycles. The Labute approximate surface area is 411 Å². The number of pyridine rings is 2. The van der Waals surface area contributed by atoms with Crippen molar-refractivity contribution in [1.82, 2.24) is 19.9 Å². The number of Topliss-reactive ketones (excluding diaryl/α,β-unsaturated/α-hetero) is 2. The molecule has 0 aliphatic heterocycles. The van der Waals surface area contributed by atoms with Gasteiger partial charge in [-0.25, -0.2) is 19.9 Å². The molecule has 0 saturated carbocycles. The van der Waals surface area contributed by atoms with Gasteiger partial charge in [0.1, 0.15) is 20.1 Å². The standard InChI is InChI=1S/C24H20N2OS2.C23H18N2OS2.2CO2.Li.2H2O.H/c1-16-8-10-17(11-9-16)18-5-3-6-19(13-18)21-15-29-23(26-21)14-22(27)20-7-4-12-25-24(20)28-2;1-27-23-19(11-6-12-24-23)21(26)14-22-25-20(15-28-22)18-10-5-9-17(13-18)16-7-3-2-4-8-16;2*2-1-3;;;;/h3-13,15H,14H2,1-2H3;2-13,15H,14H2,1H3;;;;2*1H2;/q;;;;+1;;;-1. The van der Waals surface area contributed by atoms with Gasteiger partial charge < -0.3 is 12.4 Å². The van der Waals surface area contributed by atoms with Gasteiger partial charge in [-0.3, -0.25) is 9.59 Å². The zero-order valence-electron chi connectivity index (χ0n) is 37.2. The number of aryl methyl sites for hydroxylation is 1. The molecule has 0 spiro atoms. The number of carbonyl (C=O) groups is 2. The molecule has 332 valence electrons. The van der Waals surface area contributed by atoms with Crippen LogP contribution >= 0.6 is 46.2 Å². The Hall–Kier alpha value is -6.24. The van der Waals surface area contributed by atoms with Crippen molar-refractivity contribution in [3.05, 3.63) is 177 Å². The predicted octanol–water partition coefficient (Wildman–Crippen LogP) is 6.65. The van der Waals surface area contributed by atoms with Crippen LogP contribution in [0.25, 0.3) is 44.8 Å². The summed E-state index contributed by atoms with van der Waals surface area (Å²) in [5.41, 5.74) is 11.2. The topological polar surface area (TPSA) is 217 Å². The van der Waals surface area contributed by atoms with E-state index >= 15 is 0 Å². The van der Waals surface area contributed by atoms with E-state index in [0.717, 1.165) is 53.7 Å². The maximum Gasteiger partial charge on any atom is 1.00 e. The van der Waals surface area contributed by atoms with Crippen molar-refractivity contribution >= 4 is 70.1 Å². The summed E-state index contributed by atoms with van der Waals surface area (Å²) in [6.45, 7) is 2.09. The third kappa shape index (κ3) is 16.0. The molecule has 0 aliphatic carbocycles. The van der Waals surface area contributed by atoms with Crippen LogP contribution in [0.15, 0.2) is 161 Å². The number of thiazole rings is 2.